The second kappa shape index (κ2) is 8.06. The first-order chi connectivity index (χ1) is 19.1. The Morgan fingerprint density at radius 1 is 0.410 bits per heavy atom. The van der Waals surface area contributed by atoms with Crippen molar-refractivity contribution < 1.29 is 5.11 Å². The summed E-state index contributed by atoms with van der Waals surface area (Å²) in [4.78, 5) is 0. The highest BCUT2D eigenvalue weighted by Crippen LogP contribution is 2.63. The van der Waals surface area contributed by atoms with Gasteiger partial charge in [-0.2, -0.15) is 0 Å². The fourth-order valence-corrected chi connectivity index (χ4v) is 6.90. The molecule has 0 unspecified atom stereocenters. The number of phenolic OH excluding ortho intramolecular Hbond substituents is 1. The number of rotatable bonds is 2. The van der Waals surface area contributed by atoms with Gasteiger partial charge >= 0.3 is 0 Å². The molecule has 0 atom stereocenters. The smallest absolute Gasteiger partial charge is 0.115 e. The molecule has 1 spiro atoms. The van der Waals surface area contributed by atoms with E-state index < -0.39 is 5.41 Å². The molecule has 6 aromatic rings. The fourth-order valence-electron chi connectivity index (χ4n) is 6.90. The third-order valence-electron chi connectivity index (χ3n) is 8.68. The summed E-state index contributed by atoms with van der Waals surface area (Å²) in [5.41, 5.74) is 16.1. The van der Waals surface area contributed by atoms with Crippen LogP contribution in [0.25, 0.3) is 44.5 Å². The SMILES string of the molecule is Cc1ccc(-c2ccc3c(c2)C2(c4ccccc4-c4ccccc42)c2cc(-c4ccc(O)cc4)ccc2-3)cc1. The summed E-state index contributed by atoms with van der Waals surface area (Å²) in [5, 5.41) is 9.90. The van der Waals surface area contributed by atoms with Crippen molar-refractivity contribution in [2.24, 2.45) is 0 Å². The van der Waals surface area contributed by atoms with E-state index in [2.05, 4.69) is 116 Å². The summed E-state index contributed by atoms with van der Waals surface area (Å²) in [6, 6.07) is 48.1. The van der Waals surface area contributed by atoms with Crippen molar-refractivity contribution in [3.05, 3.63) is 161 Å². The molecule has 0 heterocycles. The average Bonchev–Trinajstić information content (AvgIpc) is 3.44. The van der Waals surface area contributed by atoms with Gasteiger partial charge in [-0.1, -0.05) is 115 Å². The number of hydrogen-bond acceptors (Lipinski definition) is 1. The van der Waals surface area contributed by atoms with Crippen LogP contribution >= 0.6 is 0 Å². The van der Waals surface area contributed by atoms with Gasteiger partial charge in [0.1, 0.15) is 5.75 Å². The normalized spacial score (nSPS) is 13.6. The van der Waals surface area contributed by atoms with E-state index in [1.54, 1.807) is 12.1 Å². The Balaban J connectivity index is 1.47. The molecule has 39 heavy (non-hydrogen) atoms. The van der Waals surface area contributed by atoms with E-state index in [1.165, 1.54) is 61.2 Å². The van der Waals surface area contributed by atoms with Crippen LogP contribution in [0, 0.1) is 6.92 Å². The molecule has 184 valence electrons. The quantitative estimate of drug-likeness (QED) is 0.252. The number of benzene rings is 6. The Bertz CT molecular complexity index is 1770. The first-order valence-electron chi connectivity index (χ1n) is 13.5. The Morgan fingerprint density at radius 3 is 1.33 bits per heavy atom. The van der Waals surface area contributed by atoms with Crippen LogP contribution in [0.1, 0.15) is 27.8 Å². The van der Waals surface area contributed by atoms with Gasteiger partial charge in [0.25, 0.3) is 0 Å². The van der Waals surface area contributed by atoms with E-state index in [4.69, 9.17) is 0 Å². The highest BCUT2D eigenvalue weighted by atomic mass is 16.3. The van der Waals surface area contributed by atoms with Crippen molar-refractivity contribution in [3.63, 3.8) is 0 Å². The van der Waals surface area contributed by atoms with Crippen molar-refractivity contribution in [2.75, 3.05) is 0 Å². The van der Waals surface area contributed by atoms with Crippen LogP contribution in [0.15, 0.2) is 133 Å². The minimum atomic E-state index is -0.397. The molecule has 0 amide bonds. The second-order valence-electron chi connectivity index (χ2n) is 10.8. The fraction of sp³-hybridized carbons (Fsp3) is 0.0526. The lowest BCUT2D eigenvalue weighted by Crippen LogP contribution is -2.26. The van der Waals surface area contributed by atoms with Gasteiger partial charge < -0.3 is 5.11 Å². The van der Waals surface area contributed by atoms with Crippen LogP contribution in [0.2, 0.25) is 0 Å². The number of aromatic hydroxyl groups is 1. The lowest BCUT2D eigenvalue weighted by Gasteiger charge is -2.31. The largest absolute Gasteiger partial charge is 0.508 e. The zero-order valence-electron chi connectivity index (χ0n) is 21.6. The first kappa shape index (κ1) is 22.1. The maximum atomic E-state index is 9.90. The van der Waals surface area contributed by atoms with E-state index in [1.807, 2.05) is 12.1 Å². The number of hydrogen-bond donors (Lipinski definition) is 1. The van der Waals surface area contributed by atoms with E-state index in [0.29, 0.717) is 0 Å². The van der Waals surface area contributed by atoms with Gasteiger partial charge in [-0.05, 0) is 98.0 Å². The molecule has 0 saturated heterocycles. The summed E-state index contributed by atoms with van der Waals surface area (Å²) in [5.74, 6) is 0.283. The number of phenols is 1. The summed E-state index contributed by atoms with van der Waals surface area (Å²) in [6.07, 6.45) is 0. The molecular formula is C38H26O. The molecular weight excluding hydrogens is 472 g/mol. The van der Waals surface area contributed by atoms with Gasteiger partial charge in [0, 0.05) is 0 Å². The predicted molar refractivity (Wildman–Crippen MR) is 160 cm³/mol. The monoisotopic (exact) mass is 498 g/mol. The topological polar surface area (TPSA) is 20.2 Å². The van der Waals surface area contributed by atoms with Gasteiger partial charge in [0.2, 0.25) is 0 Å². The minimum Gasteiger partial charge on any atom is -0.508 e. The zero-order valence-corrected chi connectivity index (χ0v) is 21.6. The summed E-state index contributed by atoms with van der Waals surface area (Å²) in [6.45, 7) is 2.14. The lowest BCUT2D eigenvalue weighted by atomic mass is 9.70. The molecule has 6 aromatic carbocycles. The summed E-state index contributed by atoms with van der Waals surface area (Å²) >= 11 is 0. The highest BCUT2D eigenvalue weighted by Gasteiger charge is 2.51. The molecule has 0 bridgehead atoms. The molecule has 1 heteroatoms. The summed E-state index contributed by atoms with van der Waals surface area (Å²) in [7, 11) is 0. The van der Waals surface area contributed by atoms with Gasteiger partial charge in [-0.3, -0.25) is 0 Å². The van der Waals surface area contributed by atoms with Crippen LogP contribution in [-0.4, -0.2) is 5.11 Å². The predicted octanol–water partition coefficient (Wildman–Crippen LogP) is 9.38. The van der Waals surface area contributed by atoms with Gasteiger partial charge in [0.05, 0.1) is 5.41 Å². The standard InChI is InChI=1S/C38H26O/c1-24-10-12-25(13-11-24)27-16-20-32-33-21-17-28(26-14-18-29(39)19-15-26)23-37(33)38(36(32)22-27)34-8-4-2-6-30(34)31-7-3-5-9-35(31)38/h2-23,39H,1H3. The maximum absolute atomic E-state index is 9.90. The minimum absolute atomic E-state index is 0.283. The molecule has 0 saturated carbocycles. The average molecular weight is 499 g/mol. The van der Waals surface area contributed by atoms with Crippen LogP contribution in [0.4, 0.5) is 0 Å². The molecule has 1 N–H and O–H groups in total. The molecule has 0 aromatic heterocycles. The Hall–Kier alpha value is -4.88. The molecule has 8 rings (SSSR count). The lowest BCUT2D eigenvalue weighted by molar-refractivity contribution is 0.475. The van der Waals surface area contributed by atoms with Crippen molar-refractivity contribution in [3.8, 4) is 50.3 Å². The van der Waals surface area contributed by atoms with Crippen LogP contribution < -0.4 is 0 Å². The molecule has 2 aliphatic carbocycles. The zero-order chi connectivity index (χ0) is 26.1. The molecule has 0 aliphatic heterocycles. The van der Waals surface area contributed by atoms with Gasteiger partial charge in [-0.25, -0.2) is 0 Å². The van der Waals surface area contributed by atoms with E-state index in [9.17, 15) is 5.11 Å². The van der Waals surface area contributed by atoms with Crippen molar-refractivity contribution in [1.29, 1.82) is 0 Å². The molecule has 2 aliphatic rings. The second-order valence-corrected chi connectivity index (χ2v) is 10.8. The van der Waals surface area contributed by atoms with Gasteiger partial charge in [0.15, 0.2) is 0 Å². The van der Waals surface area contributed by atoms with Gasteiger partial charge in [-0.15, -0.1) is 0 Å². The van der Waals surface area contributed by atoms with Crippen molar-refractivity contribution in [1.82, 2.24) is 0 Å². The van der Waals surface area contributed by atoms with E-state index >= 15 is 0 Å². The first-order valence-corrected chi connectivity index (χ1v) is 13.5. The van der Waals surface area contributed by atoms with E-state index in [0.717, 1.165) is 11.1 Å². The molecule has 0 radical (unpaired) electrons. The molecule has 0 fully saturated rings. The number of fused-ring (bicyclic) bond motifs is 10. The summed E-state index contributed by atoms with van der Waals surface area (Å²) < 4.78 is 0. The van der Waals surface area contributed by atoms with Crippen LogP contribution in [0.5, 0.6) is 5.75 Å². The van der Waals surface area contributed by atoms with Crippen molar-refractivity contribution >= 4 is 0 Å². The maximum Gasteiger partial charge on any atom is 0.115 e. The third kappa shape index (κ3) is 3.02. The Labute approximate surface area is 228 Å². The Morgan fingerprint density at radius 2 is 0.821 bits per heavy atom. The molecule has 1 nitrogen and oxygen atoms in total. The van der Waals surface area contributed by atoms with Crippen LogP contribution in [-0.2, 0) is 5.41 Å². The third-order valence-corrected chi connectivity index (χ3v) is 8.68. The highest BCUT2D eigenvalue weighted by molar-refractivity contribution is 5.96. The van der Waals surface area contributed by atoms with Crippen LogP contribution in [0.3, 0.4) is 0 Å². The van der Waals surface area contributed by atoms with Crippen molar-refractivity contribution in [2.45, 2.75) is 12.3 Å². The Kier molecular flexibility index (Phi) is 4.57. The van der Waals surface area contributed by atoms with E-state index in [-0.39, 0.29) is 5.75 Å². The number of aryl methyl sites for hydroxylation is 1.